The summed E-state index contributed by atoms with van der Waals surface area (Å²) in [6.07, 6.45) is 2.77. The third kappa shape index (κ3) is 4.03. The van der Waals surface area contributed by atoms with Crippen LogP contribution in [0.5, 0.6) is 0 Å². The average molecular weight is 293 g/mol. The first kappa shape index (κ1) is 15.5. The first-order valence-electron chi connectivity index (χ1n) is 7.33. The van der Waals surface area contributed by atoms with Crippen LogP contribution in [0.4, 0.5) is 4.39 Å². The van der Waals surface area contributed by atoms with Gasteiger partial charge < -0.3 is 9.64 Å². The van der Waals surface area contributed by atoms with Crippen LogP contribution in [0.15, 0.2) is 24.3 Å². The Balaban J connectivity index is 2.09. The van der Waals surface area contributed by atoms with E-state index in [1.54, 1.807) is 24.0 Å². The first-order valence-corrected chi connectivity index (χ1v) is 7.33. The molecule has 1 fully saturated rings. The summed E-state index contributed by atoms with van der Waals surface area (Å²) in [5, 5.41) is 0. The summed E-state index contributed by atoms with van der Waals surface area (Å²) in [7, 11) is 0. The van der Waals surface area contributed by atoms with Gasteiger partial charge in [-0.25, -0.2) is 9.18 Å². The summed E-state index contributed by atoms with van der Waals surface area (Å²) >= 11 is 0. The summed E-state index contributed by atoms with van der Waals surface area (Å²) in [4.78, 5) is 25.2. The number of halogens is 1. The largest absolute Gasteiger partial charge is 0.459 e. The lowest BCUT2D eigenvalue weighted by atomic mass is 9.94. The van der Waals surface area contributed by atoms with Crippen LogP contribution in [0.3, 0.4) is 0 Å². The zero-order valence-corrected chi connectivity index (χ0v) is 12.2. The predicted octanol–water partition coefficient (Wildman–Crippen LogP) is 2.48. The van der Waals surface area contributed by atoms with Crippen LogP contribution in [0.25, 0.3) is 0 Å². The van der Waals surface area contributed by atoms with Crippen molar-refractivity contribution in [3.63, 3.8) is 0 Å². The van der Waals surface area contributed by atoms with E-state index in [2.05, 4.69) is 0 Å². The summed E-state index contributed by atoms with van der Waals surface area (Å²) in [6, 6.07) is 6.35. The van der Waals surface area contributed by atoms with Crippen molar-refractivity contribution in [3.05, 3.63) is 35.6 Å². The highest BCUT2D eigenvalue weighted by atomic mass is 19.1. The Hall–Kier alpha value is -1.91. The molecule has 1 unspecified atom stereocenters. The van der Waals surface area contributed by atoms with Crippen molar-refractivity contribution in [2.75, 3.05) is 19.7 Å². The van der Waals surface area contributed by atoms with E-state index < -0.39 is 11.9 Å². The van der Waals surface area contributed by atoms with E-state index in [-0.39, 0.29) is 18.3 Å². The zero-order chi connectivity index (χ0) is 15.2. The van der Waals surface area contributed by atoms with E-state index in [4.69, 9.17) is 4.74 Å². The number of hydrogen-bond acceptors (Lipinski definition) is 3. The molecule has 5 heteroatoms. The monoisotopic (exact) mass is 293 g/mol. The minimum absolute atomic E-state index is 0.131. The molecule has 0 spiro atoms. The molecule has 1 aliphatic rings. The minimum atomic E-state index is -0.794. The second kappa shape index (κ2) is 7.20. The molecule has 4 nitrogen and oxygen atoms in total. The highest BCUT2D eigenvalue weighted by Gasteiger charge is 2.28. The van der Waals surface area contributed by atoms with Gasteiger partial charge in [0, 0.05) is 19.0 Å². The molecule has 1 aliphatic heterocycles. The fourth-order valence-corrected chi connectivity index (χ4v) is 2.66. The number of hydrogen-bond donors (Lipinski definition) is 0. The third-order valence-corrected chi connectivity index (χ3v) is 3.75. The van der Waals surface area contributed by atoms with Gasteiger partial charge in [-0.1, -0.05) is 18.6 Å². The minimum Gasteiger partial charge on any atom is -0.459 e. The predicted molar refractivity (Wildman–Crippen MR) is 76.2 cm³/mol. The van der Waals surface area contributed by atoms with Crippen molar-refractivity contribution in [2.45, 2.75) is 32.1 Å². The molecule has 0 aromatic heterocycles. The van der Waals surface area contributed by atoms with Gasteiger partial charge in [0.05, 0.1) is 6.61 Å². The summed E-state index contributed by atoms with van der Waals surface area (Å²) in [5.74, 6) is -1.51. The van der Waals surface area contributed by atoms with Crippen LogP contribution in [0.1, 0.15) is 37.7 Å². The molecule has 1 heterocycles. The lowest BCUT2D eigenvalue weighted by Crippen LogP contribution is -2.39. The van der Waals surface area contributed by atoms with Gasteiger partial charge in [0.1, 0.15) is 5.82 Å². The van der Waals surface area contributed by atoms with Gasteiger partial charge in [-0.3, -0.25) is 4.79 Å². The Morgan fingerprint density at radius 3 is 2.67 bits per heavy atom. The van der Waals surface area contributed by atoms with E-state index >= 15 is 0 Å². The van der Waals surface area contributed by atoms with Gasteiger partial charge in [0.25, 0.3) is 0 Å². The van der Waals surface area contributed by atoms with E-state index in [0.29, 0.717) is 13.1 Å². The topological polar surface area (TPSA) is 46.6 Å². The molecule has 1 aromatic rings. The quantitative estimate of drug-likeness (QED) is 0.621. The number of esters is 1. The Morgan fingerprint density at radius 2 is 2.00 bits per heavy atom. The maximum Gasteiger partial charge on any atom is 0.397 e. The van der Waals surface area contributed by atoms with Gasteiger partial charge in [0.15, 0.2) is 0 Å². The number of carbonyl (C=O) groups is 2. The Labute approximate surface area is 123 Å². The zero-order valence-electron chi connectivity index (χ0n) is 12.2. The number of likely N-dealkylation sites (tertiary alicyclic amines) is 1. The smallest absolute Gasteiger partial charge is 0.397 e. The highest BCUT2D eigenvalue weighted by molar-refractivity contribution is 6.32. The van der Waals surface area contributed by atoms with Crippen molar-refractivity contribution in [3.8, 4) is 0 Å². The molecule has 1 aromatic carbocycles. The number of nitrogens with zero attached hydrogens (tertiary/aromatic N) is 1. The SMILES string of the molecule is CCOC(=O)C(=O)N1CCCCC(c2ccc(F)cc2)C1. The molecule has 0 aliphatic carbocycles. The highest BCUT2D eigenvalue weighted by Crippen LogP contribution is 2.26. The van der Waals surface area contributed by atoms with Gasteiger partial charge in [0.2, 0.25) is 0 Å². The first-order chi connectivity index (χ1) is 10.1. The van der Waals surface area contributed by atoms with Crippen molar-refractivity contribution < 1.29 is 18.7 Å². The van der Waals surface area contributed by atoms with E-state index in [1.165, 1.54) is 12.1 Å². The summed E-state index contributed by atoms with van der Waals surface area (Å²) in [6.45, 7) is 2.91. The van der Waals surface area contributed by atoms with Crippen molar-refractivity contribution in [2.24, 2.45) is 0 Å². The molecule has 0 N–H and O–H groups in total. The maximum atomic E-state index is 13.0. The number of carbonyl (C=O) groups excluding carboxylic acids is 2. The van der Waals surface area contributed by atoms with E-state index in [1.807, 2.05) is 0 Å². The standard InChI is InChI=1S/C16H20FNO3/c1-2-21-16(20)15(19)18-10-4-3-5-13(11-18)12-6-8-14(17)9-7-12/h6-9,13H,2-5,10-11H2,1H3. The fraction of sp³-hybridized carbons (Fsp3) is 0.500. The number of ether oxygens (including phenoxy) is 1. The van der Waals surface area contributed by atoms with Gasteiger partial charge in [-0.15, -0.1) is 0 Å². The van der Waals surface area contributed by atoms with Crippen LogP contribution < -0.4 is 0 Å². The molecular weight excluding hydrogens is 273 g/mol. The molecule has 2 rings (SSSR count). The van der Waals surface area contributed by atoms with Gasteiger partial charge in [-0.2, -0.15) is 0 Å². The third-order valence-electron chi connectivity index (χ3n) is 3.75. The summed E-state index contributed by atoms with van der Waals surface area (Å²) in [5.41, 5.74) is 1.000. The Bertz CT molecular complexity index is 501. The summed E-state index contributed by atoms with van der Waals surface area (Å²) < 4.78 is 17.8. The molecule has 1 saturated heterocycles. The number of benzene rings is 1. The second-order valence-electron chi connectivity index (χ2n) is 5.22. The van der Waals surface area contributed by atoms with Gasteiger partial charge >= 0.3 is 11.9 Å². The molecule has 0 bridgehead atoms. The number of amides is 1. The fourth-order valence-electron chi connectivity index (χ4n) is 2.66. The lowest BCUT2D eigenvalue weighted by molar-refractivity contribution is -0.159. The molecule has 1 amide bonds. The van der Waals surface area contributed by atoms with Crippen LogP contribution >= 0.6 is 0 Å². The number of rotatable bonds is 2. The molecule has 0 saturated carbocycles. The molecule has 1 atom stereocenters. The van der Waals surface area contributed by atoms with Crippen molar-refractivity contribution in [1.82, 2.24) is 4.90 Å². The average Bonchev–Trinajstić information content (AvgIpc) is 2.73. The van der Waals surface area contributed by atoms with Crippen LogP contribution in [0, 0.1) is 5.82 Å². The molecular formula is C16H20FNO3. The van der Waals surface area contributed by atoms with E-state index in [9.17, 15) is 14.0 Å². The lowest BCUT2D eigenvalue weighted by Gasteiger charge is -2.23. The molecule has 21 heavy (non-hydrogen) atoms. The van der Waals surface area contributed by atoms with Gasteiger partial charge in [-0.05, 0) is 37.5 Å². The Morgan fingerprint density at radius 1 is 1.29 bits per heavy atom. The molecule has 114 valence electrons. The second-order valence-corrected chi connectivity index (χ2v) is 5.22. The van der Waals surface area contributed by atoms with Crippen molar-refractivity contribution in [1.29, 1.82) is 0 Å². The van der Waals surface area contributed by atoms with Crippen LogP contribution in [-0.4, -0.2) is 36.5 Å². The van der Waals surface area contributed by atoms with Crippen molar-refractivity contribution >= 4 is 11.9 Å². The van der Waals surface area contributed by atoms with Crippen LogP contribution in [-0.2, 0) is 14.3 Å². The Kier molecular flexibility index (Phi) is 5.31. The molecule has 0 radical (unpaired) electrons. The normalized spacial score (nSPS) is 19.0. The van der Waals surface area contributed by atoms with Crippen LogP contribution in [0.2, 0.25) is 0 Å². The maximum absolute atomic E-state index is 13.0. The van der Waals surface area contributed by atoms with E-state index in [0.717, 1.165) is 24.8 Å².